The largest absolute Gasteiger partial charge is 0.411 e. The maximum Gasteiger partial charge on any atom is 0.178 e. The number of nitrogens with zero attached hydrogens (tertiary/aromatic N) is 1. The van der Waals surface area contributed by atoms with Crippen LogP contribution in [0.2, 0.25) is 0 Å². The van der Waals surface area contributed by atoms with Crippen molar-refractivity contribution in [3.05, 3.63) is 53.6 Å². The summed E-state index contributed by atoms with van der Waals surface area (Å²) in [5.41, 5.74) is 4.51. The van der Waals surface area contributed by atoms with Crippen molar-refractivity contribution in [1.82, 2.24) is 0 Å². The Hall–Kier alpha value is -2.14. The topological polar surface area (TPSA) is 66.7 Å². The van der Waals surface area contributed by atoms with Crippen molar-refractivity contribution in [3.8, 4) is 11.1 Å². The average Bonchev–Trinajstić information content (AvgIpc) is 2.85. The minimum absolute atomic E-state index is 0.0873. The van der Waals surface area contributed by atoms with Gasteiger partial charge in [-0.1, -0.05) is 50.2 Å². The summed E-state index contributed by atoms with van der Waals surface area (Å²) in [6.07, 6.45) is 0.687. The summed E-state index contributed by atoms with van der Waals surface area (Å²) in [5.74, 6) is 0.0873. The van der Waals surface area contributed by atoms with Gasteiger partial charge in [-0.05, 0) is 40.3 Å². The van der Waals surface area contributed by atoms with Gasteiger partial charge in [0, 0.05) is 12.0 Å². The molecule has 126 valence electrons. The minimum atomic E-state index is -3.23. The van der Waals surface area contributed by atoms with Crippen LogP contribution < -0.4 is 0 Å². The van der Waals surface area contributed by atoms with Gasteiger partial charge in [-0.2, -0.15) is 0 Å². The lowest BCUT2D eigenvalue weighted by atomic mass is 9.85. The van der Waals surface area contributed by atoms with Crippen LogP contribution in [-0.2, 0) is 15.3 Å². The van der Waals surface area contributed by atoms with Gasteiger partial charge in [-0.3, -0.25) is 0 Å². The second kappa shape index (κ2) is 5.74. The van der Waals surface area contributed by atoms with E-state index in [0.29, 0.717) is 17.0 Å². The molecule has 0 unspecified atom stereocenters. The Morgan fingerprint density at radius 2 is 1.83 bits per heavy atom. The molecule has 0 radical (unpaired) electrons. The van der Waals surface area contributed by atoms with E-state index in [1.54, 1.807) is 25.1 Å². The van der Waals surface area contributed by atoms with Crippen molar-refractivity contribution < 1.29 is 13.6 Å². The molecule has 0 saturated carbocycles. The zero-order chi connectivity index (χ0) is 17.5. The number of oxime groups is 1. The first-order valence-corrected chi connectivity index (χ1v) is 9.63. The molecule has 1 N–H and O–H groups in total. The van der Waals surface area contributed by atoms with Crippen LogP contribution in [0.25, 0.3) is 11.1 Å². The van der Waals surface area contributed by atoms with Crippen LogP contribution in [0.1, 0.15) is 38.3 Å². The minimum Gasteiger partial charge on any atom is -0.411 e. The first-order chi connectivity index (χ1) is 11.3. The smallest absolute Gasteiger partial charge is 0.178 e. The predicted molar refractivity (Wildman–Crippen MR) is 95.6 cm³/mol. The molecule has 4 nitrogen and oxygen atoms in total. The Morgan fingerprint density at radius 3 is 2.50 bits per heavy atom. The Morgan fingerprint density at radius 1 is 1.12 bits per heavy atom. The van der Waals surface area contributed by atoms with Crippen LogP contribution in [0.3, 0.4) is 0 Å². The molecule has 2 aromatic carbocycles. The fourth-order valence-corrected chi connectivity index (χ4v) is 4.20. The number of sulfone groups is 1. The molecule has 0 bridgehead atoms. The molecule has 0 aromatic heterocycles. The number of benzene rings is 2. The highest BCUT2D eigenvalue weighted by atomic mass is 32.2. The van der Waals surface area contributed by atoms with E-state index in [-0.39, 0.29) is 11.2 Å². The van der Waals surface area contributed by atoms with Crippen molar-refractivity contribution in [2.75, 3.05) is 5.75 Å². The van der Waals surface area contributed by atoms with Crippen molar-refractivity contribution in [2.24, 2.45) is 5.16 Å². The molecule has 3 rings (SSSR count). The van der Waals surface area contributed by atoms with Crippen LogP contribution in [0.4, 0.5) is 0 Å². The lowest BCUT2D eigenvalue weighted by Gasteiger charge is -2.19. The summed E-state index contributed by atoms with van der Waals surface area (Å²) >= 11 is 0. The average molecular weight is 343 g/mol. The summed E-state index contributed by atoms with van der Waals surface area (Å²) in [4.78, 5) is 0.347. The lowest BCUT2D eigenvalue weighted by molar-refractivity contribution is 0.317. The molecule has 2 aromatic rings. The van der Waals surface area contributed by atoms with E-state index in [9.17, 15) is 13.6 Å². The Kier molecular flexibility index (Phi) is 4.00. The third-order valence-electron chi connectivity index (χ3n) is 4.70. The van der Waals surface area contributed by atoms with Crippen LogP contribution >= 0.6 is 0 Å². The standard InChI is InChI=1S/C19H21NO3S/c1-4-24(22,23)15-7-5-6-13(10-15)14-8-9-16-17(11-14)19(2,3)12-18(16)20-21/h5-11,21H,4,12H2,1-3H3/b20-18+. The molecule has 24 heavy (non-hydrogen) atoms. The van der Waals surface area contributed by atoms with Gasteiger partial charge < -0.3 is 5.21 Å². The van der Waals surface area contributed by atoms with Crippen LogP contribution in [0, 0.1) is 0 Å². The molecule has 0 fully saturated rings. The fraction of sp³-hybridized carbons (Fsp3) is 0.316. The highest BCUT2D eigenvalue weighted by Crippen LogP contribution is 2.40. The summed E-state index contributed by atoms with van der Waals surface area (Å²) in [5, 5.41) is 12.6. The Labute approximate surface area is 142 Å². The zero-order valence-electron chi connectivity index (χ0n) is 14.1. The highest BCUT2D eigenvalue weighted by Gasteiger charge is 2.34. The zero-order valence-corrected chi connectivity index (χ0v) is 14.9. The van der Waals surface area contributed by atoms with Crippen LogP contribution in [-0.4, -0.2) is 25.1 Å². The molecule has 0 atom stereocenters. The second-order valence-corrected chi connectivity index (χ2v) is 9.08. The van der Waals surface area contributed by atoms with E-state index in [2.05, 4.69) is 25.1 Å². The molecule has 1 aliphatic rings. The van der Waals surface area contributed by atoms with E-state index in [1.165, 1.54) is 0 Å². The Balaban J connectivity index is 2.12. The molecule has 5 heteroatoms. The van der Waals surface area contributed by atoms with E-state index in [0.717, 1.165) is 22.3 Å². The van der Waals surface area contributed by atoms with Gasteiger partial charge >= 0.3 is 0 Å². The van der Waals surface area contributed by atoms with Crippen LogP contribution in [0.15, 0.2) is 52.5 Å². The van der Waals surface area contributed by atoms with Crippen molar-refractivity contribution >= 4 is 15.5 Å². The van der Waals surface area contributed by atoms with Gasteiger partial charge in [0.05, 0.1) is 16.4 Å². The van der Waals surface area contributed by atoms with Crippen molar-refractivity contribution in [3.63, 3.8) is 0 Å². The first kappa shape index (κ1) is 16.7. The summed E-state index contributed by atoms with van der Waals surface area (Å²) in [7, 11) is -3.23. The van der Waals surface area contributed by atoms with Crippen molar-refractivity contribution in [1.29, 1.82) is 0 Å². The molecule has 0 aliphatic heterocycles. The van der Waals surface area contributed by atoms with Crippen molar-refractivity contribution in [2.45, 2.75) is 37.5 Å². The third kappa shape index (κ3) is 2.73. The van der Waals surface area contributed by atoms with Crippen LogP contribution in [0.5, 0.6) is 0 Å². The van der Waals surface area contributed by atoms with Gasteiger partial charge in [0.1, 0.15) is 0 Å². The predicted octanol–water partition coefficient (Wildman–Crippen LogP) is 4.01. The van der Waals surface area contributed by atoms with Gasteiger partial charge in [0.15, 0.2) is 9.84 Å². The number of rotatable bonds is 3. The van der Waals surface area contributed by atoms with E-state index >= 15 is 0 Å². The third-order valence-corrected chi connectivity index (χ3v) is 6.43. The Bertz CT molecular complexity index is 927. The van der Waals surface area contributed by atoms with E-state index < -0.39 is 9.84 Å². The molecular weight excluding hydrogens is 322 g/mol. The number of hydrogen-bond donors (Lipinski definition) is 1. The first-order valence-electron chi connectivity index (χ1n) is 7.97. The molecule has 0 spiro atoms. The number of fused-ring (bicyclic) bond motifs is 1. The van der Waals surface area contributed by atoms with Gasteiger partial charge in [-0.15, -0.1) is 0 Å². The quantitative estimate of drug-likeness (QED) is 0.676. The summed E-state index contributed by atoms with van der Waals surface area (Å²) in [6, 6.07) is 13.0. The maximum absolute atomic E-state index is 12.1. The summed E-state index contributed by atoms with van der Waals surface area (Å²) in [6.45, 7) is 5.88. The molecule has 0 heterocycles. The van der Waals surface area contributed by atoms with Gasteiger partial charge in [0.2, 0.25) is 0 Å². The van der Waals surface area contributed by atoms with Gasteiger partial charge in [0.25, 0.3) is 0 Å². The summed E-state index contributed by atoms with van der Waals surface area (Å²) < 4.78 is 24.2. The van der Waals surface area contributed by atoms with Gasteiger partial charge in [-0.25, -0.2) is 8.42 Å². The normalized spacial score (nSPS) is 17.9. The monoisotopic (exact) mass is 343 g/mol. The maximum atomic E-state index is 12.1. The molecular formula is C19H21NO3S. The highest BCUT2D eigenvalue weighted by molar-refractivity contribution is 7.91. The molecule has 1 aliphatic carbocycles. The molecule has 0 amide bonds. The van der Waals surface area contributed by atoms with E-state index in [4.69, 9.17) is 0 Å². The lowest BCUT2D eigenvalue weighted by Crippen LogP contribution is -2.12. The fourth-order valence-electron chi connectivity index (χ4n) is 3.27. The number of hydrogen-bond acceptors (Lipinski definition) is 4. The molecule has 0 saturated heterocycles. The second-order valence-electron chi connectivity index (χ2n) is 6.80. The van der Waals surface area contributed by atoms with E-state index in [1.807, 2.05) is 18.2 Å². The SMILES string of the molecule is CCS(=O)(=O)c1cccc(-c2ccc3c(c2)C(C)(C)C/C3=N\O)c1.